The zero-order valence-electron chi connectivity index (χ0n) is 8.23. The van der Waals surface area contributed by atoms with Gasteiger partial charge in [-0.05, 0) is 19.8 Å². The molecule has 4 heteroatoms. The monoisotopic (exact) mass is 208 g/mol. The molecule has 1 heterocycles. The van der Waals surface area contributed by atoms with Crippen molar-refractivity contribution in [1.29, 1.82) is 0 Å². The van der Waals surface area contributed by atoms with Crippen LogP contribution in [-0.2, 0) is 4.74 Å². The predicted molar refractivity (Wildman–Crippen MR) is 45.9 cm³/mol. The van der Waals surface area contributed by atoms with Crippen molar-refractivity contribution < 1.29 is 17.9 Å². The van der Waals surface area contributed by atoms with Crippen LogP contribution in [0, 0.1) is 5.41 Å². The highest BCUT2D eigenvalue weighted by molar-refractivity contribution is 5.04. The van der Waals surface area contributed by atoms with Crippen LogP contribution in [0.1, 0.15) is 39.0 Å². The molecule has 0 aromatic carbocycles. The minimum absolute atomic E-state index is 0.213. The van der Waals surface area contributed by atoms with Gasteiger partial charge in [0.15, 0.2) is 6.10 Å². The van der Waals surface area contributed by atoms with Crippen LogP contribution in [0.15, 0.2) is 0 Å². The smallest absolute Gasteiger partial charge is 0.364 e. The van der Waals surface area contributed by atoms with Crippen molar-refractivity contribution in [2.45, 2.75) is 57.4 Å². The number of ether oxygens (including phenoxy) is 1. The first-order valence-electron chi connectivity index (χ1n) is 5.19. The van der Waals surface area contributed by atoms with E-state index in [1.807, 2.05) is 0 Å². The summed E-state index contributed by atoms with van der Waals surface area (Å²) in [6.07, 6.45) is -1.63. The molecule has 82 valence electrons. The highest BCUT2D eigenvalue weighted by Gasteiger charge is 2.64. The van der Waals surface area contributed by atoms with Crippen LogP contribution >= 0.6 is 0 Å². The fourth-order valence-corrected chi connectivity index (χ4v) is 2.90. The second-order valence-corrected chi connectivity index (χ2v) is 4.49. The average molecular weight is 208 g/mol. The van der Waals surface area contributed by atoms with E-state index in [1.165, 1.54) is 0 Å². The van der Waals surface area contributed by atoms with Crippen LogP contribution in [0.4, 0.5) is 13.2 Å². The second-order valence-electron chi connectivity index (χ2n) is 4.49. The van der Waals surface area contributed by atoms with Gasteiger partial charge in [-0.15, -0.1) is 0 Å². The summed E-state index contributed by atoms with van der Waals surface area (Å²) in [6, 6.07) is 0. The molecule has 1 saturated carbocycles. The molecule has 1 unspecified atom stereocenters. The number of halogens is 3. The topological polar surface area (TPSA) is 9.23 Å². The molecule has 1 nitrogen and oxygen atoms in total. The molecule has 2 aliphatic rings. The van der Waals surface area contributed by atoms with Gasteiger partial charge in [-0.1, -0.05) is 19.3 Å². The molecule has 0 radical (unpaired) electrons. The lowest BCUT2D eigenvalue weighted by Crippen LogP contribution is -2.64. The van der Waals surface area contributed by atoms with E-state index in [2.05, 4.69) is 0 Å². The first-order chi connectivity index (χ1) is 6.47. The van der Waals surface area contributed by atoms with Crippen molar-refractivity contribution in [2.75, 3.05) is 0 Å². The Morgan fingerprint density at radius 3 is 2.14 bits per heavy atom. The van der Waals surface area contributed by atoms with Gasteiger partial charge in [-0.3, -0.25) is 0 Å². The molecule has 0 aromatic rings. The Hall–Kier alpha value is -0.250. The van der Waals surface area contributed by atoms with Crippen molar-refractivity contribution in [1.82, 2.24) is 0 Å². The average Bonchev–Trinajstić information content (AvgIpc) is 2.14. The van der Waals surface area contributed by atoms with Gasteiger partial charge < -0.3 is 4.74 Å². The number of hydrogen-bond donors (Lipinski definition) is 0. The third-order valence-corrected chi connectivity index (χ3v) is 3.75. The maximum absolute atomic E-state index is 12.6. The molecule has 14 heavy (non-hydrogen) atoms. The summed E-state index contributed by atoms with van der Waals surface area (Å²) >= 11 is 0. The molecule has 0 amide bonds. The molecule has 2 fully saturated rings. The number of alkyl halides is 3. The Labute approximate surface area is 81.6 Å². The lowest BCUT2D eigenvalue weighted by atomic mass is 9.63. The van der Waals surface area contributed by atoms with Gasteiger partial charge in [0.25, 0.3) is 0 Å². The van der Waals surface area contributed by atoms with Crippen LogP contribution in [0.3, 0.4) is 0 Å². The molecule has 1 aliphatic carbocycles. The van der Waals surface area contributed by atoms with E-state index >= 15 is 0 Å². The van der Waals surface area contributed by atoms with E-state index in [0.717, 1.165) is 19.3 Å². The van der Waals surface area contributed by atoms with E-state index in [0.29, 0.717) is 12.8 Å². The third kappa shape index (κ3) is 1.35. The molecule has 2 rings (SSSR count). The van der Waals surface area contributed by atoms with E-state index in [1.54, 1.807) is 6.92 Å². The van der Waals surface area contributed by atoms with E-state index < -0.39 is 17.7 Å². The second kappa shape index (κ2) is 3.12. The highest BCUT2D eigenvalue weighted by Crippen LogP contribution is 2.56. The highest BCUT2D eigenvalue weighted by atomic mass is 19.4. The molecule has 1 spiro atoms. The van der Waals surface area contributed by atoms with Crippen molar-refractivity contribution in [3.63, 3.8) is 0 Å². The lowest BCUT2D eigenvalue weighted by Gasteiger charge is -2.56. The Morgan fingerprint density at radius 2 is 1.71 bits per heavy atom. The van der Waals surface area contributed by atoms with E-state index in [-0.39, 0.29) is 6.10 Å². The van der Waals surface area contributed by atoms with Gasteiger partial charge >= 0.3 is 6.18 Å². The van der Waals surface area contributed by atoms with Crippen molar-refractivity contribution in [3.8, 4) is 0 Å². The number of rotatable bonds is 0. The quantitative estimate of drug-likeness (QED) is 0.593. The first kappa shape index (κ1) is 10.3. The van der Waals surface area contributed by atoms with Gasteiger partial charge in [0.05, 0.1) is 6.10 Å². The van der Waals surface area contributed by atoms with Crippen molar-refractivity contribution in [2.24, 2.45) is 5.41 Å². The lowest BCUT2D eigenvalue weighted by molar-refractivity contribution is -0.359. The van der Waals surface area contributed by atoms with Gasteiger partial charge in [0.2, 0.25) is 0 Å². The van der Waals surface area contributed by atoms with Crippen LogP contribution in [-0.4, -0.2) is 18.4 Å². The molecular formula is C10H15F3O. The summed E-state index contributed by atoms with van der Waals surface area (Å²) in [6.45, 7) is 1.77. The summed E-state index contributed by atoms with van der Waals surface area (Å²) in [4.78, 5) is 0. The number of hydrogen-bond acceptors (Lipinski definition) is 1. The summed E-state index contributed by atoms with van der Waals surface area (Å²) < 4.78 is 42.6. The van der Waals surface area contributed by atoms with Crippen LogP contribution < -0.4 is 0 Å². The summed E-state index contributed by atoms with van der Waals surface area (Å²) in [5.41, 5.74) is -0.587. The summed E-state index contributed by atoms with van der Waals surface area (Å²) in [7, 11) is 0. The molecule has 0 N–H and O–H groups in total. The minimum atomic E-state index is -4.18. The Bertz CT molecular complexity index is 218. The molecule has 1 aliphatic heterocycles. The fraction of sp³-hybridized carbons (Fsp3) is 1.00. The SMILES string of the molecule is C[C@@H]1OC(C(F)(F)F)C12CCCCC2. The zero-order chi connectivity index (χ0) is 10.4. The largest absolute Gasteiger partial charge is 0.415 e. The maximum atomic E-state index is 12.6. The van der Waals surface area contributed by atoms with Gasteiger partial charge in [-0.2, -0.15) is 13.2 Å². The van der Waals surface area contributed by atoms with E-state index in [4.69, 9.17) is 4.74 Å². The van der Waals surface area contributed by atoms with Crippen LogP contribution in [0.5, 0.6) is 0 Å². The van der Waals surface area contributed by atoms with Crippen LogP contribution in [0.25, 0.3) is 0 Å². The van der Waals surface area contributed by atoms with Crippen molar-refractivity contribution >= 4 is 0 Å². The van der Waals surface area contributed by atoms with Gasteiger partial charge in [0, 0.05) is 5.41 Å². The Balaban J connectivity index is 2.14. The Kier molecular flexibility index (Phi) is 2.29. The third-order valence-electron chi connectivity index (χ3n) is 3.75. The van der Waals surface area contributed by atoms with Gasteiger partial charge in [-0.25, -0.2) is 0 Å². The standard InChI is InChI=1S/C10H15F3O/c1-7-9(5-3-2-4-6-9)8(14-7)10(11,12)13/h7-8H,2-6H2,1H3/t7-,8?/m0/s1. The maximum Gasteiger partial charge on any atom is 0.415 e. The predicted octanol–water partition coefficient (Wildman–Crippen LogP) is 3.29. The summed E-state index contributed by atoms with van der Waals surface area (Å²) in [5.74, 6) is 0. The molecule has 1 saturated heterocycles. The molecule has 2 atom stereocenters. The normalized spacial score (nSPS) is 36.9. The zero-order valence-corrected chi connectivity index (χ0v) is 8.23. The molecule has 0 aromatic heterocycles. The summed E-state index contributed by atoms with van der Waals surface area (Å²) in [5, 5.41) is 0. The van der Waals surface area contributed by atoms with Gasteiger partial charge in [0.1, 0.15) is 0 Å². The van der Waals surface area contributed by atoms with E-state index in [9.17, 15) is 13.2 Å². The van der Waals surface area contributed by atoms with Crippen LogP contribution in [0.2, 0.25) is 0 Å². The molecular weight excluding hydrogens is 193 g/mol. The molecule has 0 bridgehead atoms. The Morgan fingerprint density at radius 1 is 1.14 bits per heavy atom. The fourth-order valence-electron chi connectivity index (χ4n) is 2.90. The minimum Gasteiger partial charge on any atom is -0.364 e. The van der Waals surface area contributed by atoms with Crippen molar-refractivity contribution in [3.05, 3.63) is 0 Å². The first-order valence-corrected chi connectivity index (χ1v) is 5.19.